The minimum atomic E-state index is -1.22. The van der Waals surface area contributed by atoms with Crippen molar-refractivity contribution in [1.82, 2.24) is 0 Å². The molecule has 0 fully saturated rings. The molecule has 0 amide bonds. The van der Waals surface area contributed by atoms with Crippen LogP contribution in [0.25, 0.3) is 10.4 Å². The molecule has 1 atom stereocenters. The fourth-order valence-electron chi connectivity index (χ4n) is 0.415. The lowest BCUT2D eigenvalue weighted by Crippen LogP contribution is -2.18. The van der Waals surface area contributed by atoms with Crippen LogP contribution in [0.3, 0.4) is 0 Å². The predicted octanol–water partition coefficient (Wildman–Crippen LogP) is 0.132. The van der Waals surface area contributed by atoms with Crippen LogP contribution in [0.1, 0.15) is 6.42 Å². The fraction of sp³-hybridized carbons (Fsp3) is 0.750. The van der Waals surface area contributed by atoms with Crippen molar-refractivity contribution in [2.24, 2.45) is 5.11 Å². The largest absolute Gasteiger partial charge is 0.481 e. The summed E-state index contributed by atoms with van der Waals surface area (Å²) < 4.78 is 0. The van der Waals surface area contributed by atoms with E-state index in [-0.39, 0.29) is 13.0 Å². The third kappa shape index (κ3) is 2.91. The number of hydrogen-bond donors (Lipinski definition) is 2. The summed E-state index contributed by atoms with van der Waals surface area (Å²) >= 11 is 0. The first kappa shape index (κ1) is 8.74. The number of carboxylic acid groups (broad SMARTS) is 1. The fourth-order valence-corrected chi connectivity index (χ4v) is 0.415. The number of nitrogens with zero attached hydrogens (tertiary/aromatic N) is 3. The van der Waals surface area contributed by atoms with Crippen molar-refractivity contribution in [2.75, 3.05) is 6.61 Å². The molecule has 6 heteroatoms. The van der Waals surface area contributed by atoms with Crippen LogP contribution < -0.4 is 0 Å². The standard InChI is InChI=1S/C4H7N3O3/c5-7-6-3(1-2-8)4(9)10/h3,8H,1-2H2,(H,9,10). The summed E-state index contributed by atoms with van der Waals surface area (Å²) in [5, 5.41) is 19.5. The van der Waals surface area contributed by atoms with Gasteiger partial charge in [-0.2, -0.15) is 0 Å². The van der Waals surface area contributed by atoms with Gasteiger partial charge in [0.15, 0.2) is 0 Å². The molecule has 0 radical (unpaired) electrons. The van der Waals surface area contributed by atoms with Crippen molar-refractivity contribution in [3.63, 3.8) is 0 Å². The molecule has 0 saturated carbocycles. The van der Waals surface area contributed by atoms with Crippen LogP contribution in [0, 0.1) is 0 Å². The number of carboxylic acids is 1. The quantitative estimate of drug-likeness (QED) is 0.333. The van der Waals surface area contributed by atoms with E-state index in [4.69, 9.17) is 15.7 Å². The summed E-state index contributed by atoms with van der Waals surface area (Å²) in [7, 11) is 0. The summed E-state index contributed by atoms with van der Waals surface area (Å²) in [6.07, 6.45) is -0.0423. The number of azide groups is 1. The number of aliphatic hydroxyl groups excluding tert-OH is 1. The number of aliphatic carboxylic acids is 1. The summed E-state index contributed by atoms with van der Waals surface area (Å²) in [6.45, 7) is -0.296. The van der Waals surface area contributed by atoms with Crippen LogP contribution in [0.5, 0.6) is 0 Å². The minimum Gasteiger partial charge on any atom is -0.481 e. The van der Waals surface area contributed by atoms with Crippen molar-refractivity contribution in [3.8, 4) is 0 Å². The molecule has 0 aliphatic rings. The van der Waals surface area contributed by atoms with Gasteiger partial charge in [-0.05, 0) is 12.0 Å². The normalized spacial score (nSPS) is 11.7. The lowest BCUT2D eigenvalue weighted by Gasteiger charge is -1.99. The Morgan fingerprint density at radius 2 is 2.40 bits per heavy atom. The lowest BCUT2D eigenvalue weighted by atomic mass is 10.2. The molecular formula is C4H7N3O3. The van der Waals surface area contributed by atoms with Gasteiger partial charge in [0.25, 0.3) is 0 Å². The lowest BCUT2D eigenvalue weighted by molar-refractivity contribution is -0.138. The van der Waals surface area contributed by atoms with Crippen molar-refractivity contribution in [2.45, 2.75) is 12.5 Å². The minimum absolute atomic E-state index is 0.0423. The van der Waals surface area contributed by atoms with Gasteiger partial charge < -0.3 is 10.2 Å². The first-order valence-electron chi connectivity index (χ1n) is 2.60. The molecule has 0 saturated heterocycles. The second-order valence-corrected chi connectivity index (χ2v) is 1.57. The monoisotopic (exact) mass is 145 g/mol. The Balaban J connectivity index is 3.97. The molecule has 1 unspecified atom stereocenters. The predicted molar refractivity (Wildman–Crippen MR) is 32.3 cm³/mol. The van der Waals surface area contributed by atoms with Gasteiger partial charge in [-0.15, -0.1) is 0 Å². The average molecular weight is 145 g/mol. The van der Waals surface area contributed by atoms with Gasteiger partial charge in [0, 0.05) is 11.5 Å². The Morgan fingerprint density at radius 3 is 2.70 bits per heavy atom. The molecule has 0 aliphatic heterocycles. The zero-order chi connectivity index (χ0) is 7.98. The van der Waals surface area contributed by atoms with Gasteiger partial charge in [0.1, 0.15) is 6.04 Å². The van der Waals surface area contributed by atoms with Gasteiger partial charge in [0.05, 0.1) is 0 Å². The summed E-state index contributed by atoms with van der Waals surface area (Å²) in [6, 6.07) is -1.14. The van der Waals surface area contributed by atoms with Gasteiger partial charge >= 0.3 is 5.97 Å². The topological polar surface area (TPSA) is 106 Å². The Kier molecular flexibility index (Phi) is 4.02. The van der Waals surface area contributed by atoms with Gasteiger partial charge in [-0.1, -0.05) is 5.11 Å². The second-order valence-electron chi connectivity index (χ2n) is 1.57. The molecule has 2 N–H and O–H groups in total. The molecule has 0 aliphatic carbocycles. The average Bonchev–Trinajstić information content (AvgIpc) is 1.87. The van der Waals surface area contributed by atoms with Crippen LogP contribution in [0.15, 0.2) is 5.11 Å². The van der Waals surface area contributed by atoms with Crippen molar-refractivity contribution >= 4 is 5.97 Å². The Hall–Kier alpha value is -1.26. The highest BCUT2D eigenvalue weighted by atomic mass is 16.4. The summed E-state index contributed by atoms with van der Waals surface area (Å²) in [5.41, 5.74) is 7.83. The molecule has 0 rings (SSSR count). The van der Waals surface area contributed by atoms with E-state index in [1.807, 2.05) is 0 Å². The van der Waals surface area contributed by atoms with Crippen molar-refractivity contribution in [1.29, 1.82) is 0 Å². The molecule has 0 heterocycles. The van der Waals surface area contributed by atoms with Gasteiger partial charge in [-0.25, -0.2) is 0 Å². The van der Waals surface area contributed by atoms with Crippen LogP contribution in [-0.2, 0) is 4.79 Å². The van der Waals surface area contributed by atoms with E-state index < -0.39 is 12.0 Å². The van der Waals surface area contributed by atoms with E-state index in [9.17, 15) is 4.79 Å². The smallest absolute Gasteiger partial charge is 0.312 e. The van der Waals surface area contributed by atoms with E-state index in [1.165, 1.54) is 0 Å². The van der Waals surface area contributed by atoms with Crippen LogP contribution >= 0.6 is 0 Å². The third-order valence-electron chi connectivity index (χ3n) is 0.879. The zero-order valence-electron chi connectivity index (χ0n) is 5.14. The SMILES string of the molecule is [N-]=[N+]=NC(CCO)C(=O)O. The second kappa shape index (κ2) is 4.60. The molecule has 0 aromatic carbocycles. The molecule has 0 aromatic rings. The molecule has 56 valence electrons. The Morgan fingerprint density at radius 1 is 1.80 bits per heavy atom. The van der Waals surface area contributed by atoms with Gasteiger partial charge in [-0.3, -0.25) is 4.79 Å². The Bertz CT molecular complexity index is 161. The van der Waals surface area contributed by atoms with E-state index in [0.29, 0.717) is 0 Å². The van der Waals surface area contributed by atoms with E-state index in [0.717, 1.165) is 0 Å². The first-order chi connectivity index (χ1) is 4.72. The molecule has 0 aromatic heterocycles. The number of rotatable bonds is 4. The summed E-state index contributed by atoms with van der Waals surface area (Å²) in [4.78, 5) is 12.4. The van der Waals surface area contributed by atoms with E-state index in [1.54, 1.807) is 0 Å². The van der Waals surface area contributed by atoms with E-state index in [2.05, 4.69) is 10.0 Å². The van der Waals surface area contributed by atoms with Crippen molar-refractivity contribution in [3.05, 3.63) is 10.4 Å². The Labute approximate surface area is 56.7 Å². The molecule has 10 heavy (non-hydrogen) atoms. The maximum Gasteiger partial charge on any atom is 0.312 e. The highest BCUT2D eigenvalue weighted by Crippen LogP contribution is 1.96. The number of aliphatic hydroxyl groups is 1. The summed E-state index contributed by atoms with van der Waals surface area (Å²) in [5.74, 6) is -1.22. The van der Waals surface area contributed by atoms with Crippen molar-refractivity contribution < 1.29 is 15.0 Å². The molecular weight excluding hydrogens is 138 g/mol. The van der Waals surface area contributed by atoms with Crippen LogP contribution in [-0.4, -0.2) is 28.8 Å². The maximum atomic E-state index is 10.1. The highest BCUT2D eigenvalue weighted by molar-refractivity contribution is 5.73. The maximum absolute atomic E-state index is 10.1. The van der Waals surface area contributed by atoms with Gasteiger partial charge in [0.2, 0.25) is 0 Å². The van der Waals surface area contributed by atoms with Crippen LogP contribution in [0.4, 0.5) is 0 Å². The zero-order valence-corrected chi connectivity index (χ0v) is 5.14. The number of carbonyl (C=O) groups is 1. The van der Waals surface area contributed by atoms with Crippen LogP contribution in [0.2, 0.25) is 0 Å². The van der Waals surface area contributed by atoms with E-state index >= 15 is 0 Å². The molecule has 0 spiro atoms. The third-order valence-corrected chi connectivity index (χ3v) is 0.879. The first-order valence-corrected chi connectivity index (χ1v) is 2.60. The highest BCUT2D eigenvalue weighted by Gasteiger charge is 2.13. The number of hydrogen-bond acceptors (Lipinski definition) is 3. The molecule has 0 bridgehead atoms. The molecule has 6 nitrogen and oxygen atoms in total.